The number of para-hydroxylation sites is 2. The first-order valence-corrected chi connectivity index (χ1v) is 6.05. The molecule has 0 aliphatic carbocycles. The second-order valence-electron chi connectivity index (χ2n) is 4.50. The Morgan fingerprint density at radius 2 is 1.89 bits per heavy atom. The number of rotatable bonds is 2. The van der Waals surface area contributed by atoms with Gasteiger partial charge in [-0.1, -0.05) is 24.3 Å². The molecule has 96 valence electrons. The quantitative estimate of drug-likeness (QED) is 0.607. The zero-order valence-electron chi connectivity index (χ0n) is 10.5. The molecule has 1 aromatic heterocycles. The van der Waals surface area contributed by atoms with Crippen molar-refractivity contribution in [3.8, 4) is 0 Å². The van der Waals surface area contributed by atoms with Gasteiger partial charge in [-0.3, -0.25) is 0 Å². The normalized spacial score (nSPS) is 10.8. The minimum atomic E-state index is -0.414. The number of halogens is 1. The molecular weight excluding hydrogens is 241 g/mol. The minimum absolute atomic E-state index is 0.132. The average Bonchev–Trinajstić information content (AvgIpc) is 2.72. The number of nitrogens with one attached hydrogen (secondary N) is 2. The van der Waals surface area contributed by atoms with Crippen LogP contribution in [0.5, 0.6) is 0 Å². The zero-order chi connectivity index (χ0) is 13.4. The molecule has 19 heavy (non-hydrogen) atoms. The number of nitrogen functional groups attached to an aromatic ring is 1. The van der Waals surface area contributed by atoms with Crippen molar-refractivity contribution in [1.82, 2.24) is 4.98 Å². The molecule has 4 N–H and O–H groups in total. The van der Waals surface area contributed by atoms with E-state index >= 15 is 0 Å². The molecule has 3 aromatic rings. The maximum Gasteiger partial charge on any atom is 0.148 e. The van der Waals surface area contributed by atoms with Gasteiger partial charge in [-0.05, 0) is 25.1 Å². The second-order valence-corrected chi connectivity index (χ2v) is 4.50. The Labute approximate surface area is 110 Å². The van der Waals surface area contributed by atoms with E-state index in [0.717, 1.165) is 22.3 Å². The molecule has 4 heteroatoms. The molecular formula is C15H14FN3. The third-order valence-electron chi connectivity index (χ3n) is 3.21. The number of nitrogens with two attached hydrogens (primary N) is 1. The lowest BCUT2D eigenvalue weighted by Gasteiger charge is -2.10. The van der Waals surface area contributed by atoms with Crippen LogP contribution in [0.2, 0.25) is 0 Å². The van der Waals surface area contributed by atoms with Crippen molar-refractivity contribution in [2.45, 2.75) is 6.92 Å². The van der Waals surface area contributed by atoms with Crippen molar-refractivity contribution in [3.63, 3.8) is 0 Å². The molecule has 0 aliphatic heterocycles. The highest BCUT2D eigenvalue weighted by Crippen LogP contribution is 2.32. The summed E-state index contributed by atoms with van der Waals surface area (Å²) in [6, 6.07) is 12.7. The number of aromatic amines is 1. The highest BCUT2D eigenvalue weighted by Gasteiger charge is 2.10. The van der Waals surface area contributed by atoms with Crippen LogP contribution in [0.4, 0.5) is 21.5 Å². The summed E-state index contributed by atoms with van der Waals surface area (Å²) < 4.78 is 13.4. The van der Waals surface area contributed by atoms with E-state index in [1.54, 1.807) is 12.1 Å². The molecule has 0 amide bonds. The summed E-state index contributed by atoms with van der Waals surface area (Å²) in [6.07, 6.45) is 0. The van der Waals surface area contributed by atoms with Gasteiger partial charge < -0.3 is 16.0 Å². The van der Waals surface area contributed by atoms with E-state index in [1.165, 1.54) is 6.07 Å². The topological polar surface area (TPSA) is 53.8 Å². The Hall–Kier alpha value is -2.49. The van der Waals surface area contributed by atoms with Crippen LogP contribution >= 0.6 is 0 Å². The first-order valence-electron chi connectivity index (χ1n) is 6.05. The summed E-state index contributed by atoms with van der Waals surface area (Å²) in [5.41, 5.74) is 9.41. The van der Waals surface area contributed by atoms with E-state index in [9.17, 15) is 4.39 Å². The fourth-order valence-corrected chi connectivity index (χ4v) is 2.22. The highest BCUT2D eigenvalue weighted by atomic mass is 19.1. The maximum atomic E-state index is 13.4. The predicted octanol–water partition coefficient (Wildman–Crippen LogP) is 3.94. The molecule has 0 aliphatic rings. The van der Waals surface area contributed by atoms with Crippen molar-refractivity contribution < 1.29 is 4.39 Å². The van der Waals surface area contributed by atoms with Gasteiger partial charge in [-0.25, -0.2) is 4.39 Å². The first-order chi connectivity index (χ1) is 9.16. The number of hydrogen-bond donors (Lipinski definition) is 3. The van der Waals surface area contributed by atoms with Crippen molar-refractivity contribution in [2.24, 2.45) is 0 Å². The van der Waals surface area contributed by atoms with E-state index in [0.29, 0.717) is 5.69 Å². The minimum Gasteiger partial charge on any atom is -0.395 e. The fourth-order valence-electron chi connectivity index (χ4n) is 2.22. The second kappa shape index (κ2) is 4.31. The lowest BCUT2D eigenvalue weighted by atomic mass is 10.2. The van der Waals surface area contributed by atoms with Crippen molar-refractivity contribution >= 4 is 28.0 Å². The number of benzene rings is 2. The van der Waals surface area contributed by atoms with E-state index in [4.69, 9.17) is 5.73 Å². The molecule has 0 unspecified atom stereocenters. The van der Waals surface area contributed by atoms with E-state index in [1.807, 2.05) is 31.2 Å². The van der Waals surface area contributed by atoms with Crippen LogP contribution in [0.25, 0.3) is 10.9 Å². The van der Waals surface area contributed by atoms with Crippen LogP contribution in [-0.2, 0) is 0 Å². The maximum absolute atomic E-state index is 13.4. The van der Waals surface area contributed by atoms with Gasteiger partial charge in [0.05, 0.1) is 17.1 Å². The molecule has 0 bridgehead atoms. The van der Waals surface area contributed by atoms with Gasteiger partial charge in [0, 0.05) is 16.6 Å². The van der Waals surface area contributed by atoms with Gasteiger partial charge in [0.25, 0.3) is 0 Å². The lowest BCUT2D eigenvalue weighted by Crippen LogP contribution is -1.99. The summed E-state index contributed by atoms with van der Waals surface area (Å²) in [4.78, 5) is 3.28. The summed E-state index contributed by atoms with van der Waals surface area (Å²) >= 11 is 0. The fraction of sp³-hybridized carbons (Fsp3) is 0.0667. The van der Waals surface area contributed by atoms with E-state index in [-0.39, 0.29) is 5.69 Å². The van der Waals surface area contributed by atoms with E-state index < -0.39 is 5.82 Å². The Morgan fingerprint density at radius 3 is 2.74 bits per heavy atom. The highest BCUT2D eigenvalue weighted by molar-refractivity contribution is 5.96. The van der Waals surface area contributed by atoms with Crippen molar-refractivity contribution in [1.29, 1.82) is 0 Å². The van der Waals surface area contributed by atoms with Crippen LogP contribution in [-0.4, -0.2) is 4.98 Å². The Kier molecular flexibility index (Phi) is 2.63. The van der Waals surface area contributed by atoms with Crippen LogP contribution < -0.4 is 11.1 Å². The van der Waals surface area contributed by atoms with Gasteiger partial charge in [0.1, 0.15) is 5.82 Å². The van der Waals surface area contributed by atoms with Crippen LogP contribution in [0.1, 0.15) is 5.69 Å². The molecule has 0 fully saturated rings. The van der Waals surface area contributed by atoms with Gasteiger partial charge in [-0.2, -0.15) is 0 Å². The number of aryl methyl sites for hydroxylation is 1. The van der Waals surface area contributed by atoms with Crippen molar-refractivity contribution in [3.05, 3.63) is 54.0 Å². The van der Waals surface area contributed by atoms with Crippen LogP contribution in [0.15, 0.2) is 42.5 Å². The number of fused-ring (bicyclic) bond motifs is 1. The van der Waals surface area contributed by atoms with Crippen molar-refractivity contribution in [2.75, 3.05) is 11.1 Å². The lowest BCUT2D eigenvalue weighted by molar-refractivity contribution is 0.633. The van der Waals surface area contributed by atoms with Crippen LogP contribution in [0, 0.1) is 12.7 Å². The zero-order valence-corrected chi connectivity index (χ0v) is 10.5. The molecule has 0 saturated heterocycles. The molecule has 1 heterocycles. The molecule has 0 atom stereocenters. The standard InChI is InChI=1S/C15H14FN3/c1-9-15(10-5-2-3-7-12(10)18-9)19-13-8-4-6-11(16)14(13)17/h2-8,18-19H,17H2,1H3. The monoisotopic (exact) mass is 255 g/mol. The number of anilines is 3. The smallest absolute Gasteiger partial charge is 0.148 e. The van der Waals surface area contributed by atoms with Gasteiger partial charge in [-0.15, -0.1) is 0 Å². The molecule has 3 nitrogen and oxygen atoms in total. The number of hydrogen-bond acceptors (Lipinski definition) is 2. The third kappa shape index (κ3) is 1.91. The average molecular weight is 255 g/mol. The Bertz CT molecular complexity index is 746. The summed E-state index contributed by atoms with van der Waals surface area (Å²) in [5.74, 6) is -0.414. The number of H-pyrrole nitrogens is 1. The van der Waals surface area contributed by atoms with Crippen LogP contribution in [0.3, 0.4) is 0 Å². The van der Waals surface area contributed by atoms with Gasteiger partial charge in [0.15, 0.2) is 0 Å². The largest absolute Gasteiger partial charge is 0.395 e. The van der Waals surface area contributed by atoms with E-state index in [2.05, 4.69) is 10.3 Å². The molecule has 2 aromatic carbocycles. The molecule has 0 saturated carbocycles. The Balaban J connectivity index is 2.11. The summed E-state index contributed by atoms with van der Waals surface area (Å²) in [7, 11) is 0. The Morgan fingerprint density at radius 1 is 1.11 bits per heavy atom. The SMILES string of the molecule is Cc1[nH]c2ccccc2c1Nc1cccc(F)c1N. The predicted molar refractivity (Wildman–Crippen MR) is 77.1 cm³/mol. The molecule has 0 radical (unpaired) electrons. The van der Waals surface area contributed by atoms with Gasteiger partial charge in [0.2, 0.25) is 0 Å². The summed E-state index contributed by atoms with van der Waals surface area (Å²) in [5, 5.41) is 4.27. The van der Waals surface area contributed by atoms with Gasteiger partial charge >= 0.3 is 0 Å². The third-order valence-corrected chi connectivity index (χ3v) is 3.21. The number of aromatic nitrogens is 1. The molecule has 0 spiro atoms. The first kappa shape index (κ1) is 11.6. The summed E-state index contributed by atoms with van der Waals surface area (Å²) in [6.45, 7) is 1.97. The molecule has 3 rings (SSSR count).